The number of nitrogens with zero attached hydrogens (tertiary/aromatic N) is 2. The Morgan fingerprint density at radius 1 is 1.39 bits per heavy atom. The minimum absolute atomic E-state index is 0.296. The van der Waals surface area contributed by atoms with Crippen LogP contribution >= 0.6 is 0 Å². The minimum atomic E-state index is 0.296. The van der Waals surface area contributed by atoms with Crippen LogP contribution in [-0.2, 0) is 0 Å². The molecule has 0 spiro atoms. The lowest BCUT2D eigenvalue weighted by molar-refractivity contribution is 0.713. The summed E-state index contributed by atoms with van der Waals surface area (Å²) in [4.78, 5) is 11.3. The zero-order chi connectivity index (χ0) is 12.8. The van der Waals surface area contributed by atoms with Gasteiger partial charge < -0.3 is 21.4 Å². The summed E-state index contributed by atoms with van der Waals surface area (Å²) in [5.74, 6) is 1.55. The number of hydrogen-bond donors (Lipinski definition) is 4. The van der Waals surface area contributed by atoms with Crippen molar-refractivity contribution in [1.82, 2.24) is 15.0 Å². The van der Waals surface area contributed by atoms with E-state index in [-0.39, 0.29) is 0 Å². The Labute approximate surface area is 106 Å². The van der Waals surface area contributed by atoms with E-state index in [1.54, 1.807) is 0 Å². The molecule has 0 saturated heterocycles. The number of H-pyrrole nitrogens is 1. The highest BCUT2D eigenvalue weighted by molar-refractivity contribution is 5.57. The lowest BCUT2D eigenvalue weighted by Gasteiger charge is -2.13. The molecule has 0 aromatic carbocycles. The van der Waals surface area contributed by atoms with Crippen LogP contribution in [0.2, 0.25) is 0 Å². The molecule has 18 heavy (non-hydrogen) atoms. The molecule has 2 heterocycles. The topological polar surface area (TPSA) is 91.7 Å². The van der Waals surface area contributed by atoms with Gasteiger partial charge in [-0.25, -0.2) is 9.97 Å². The van der Waals surface area contributed by atoms with E-state index in [9.17, 15) is 0 Å². The lowest BCUT2D eigenvalue weighted by Crippen LogP contribution is -2.20. The number of rotatable bonds is 6. The molecular formula is C12H18N6. The molecule has 0 bridgehead atoms. The number of aromatic amines is 1. The summed E-state index contributed by atoms with van der Waals surface area (Å²) >= 11 is 0. The lowest BCUT2D eigenvalue weighted by atomic mass is 10.2. The van der Waals surface area contributed by atoms with Crippen LogP contribution in [0.5, 0.6) is 0 Å². The molecule has 6 nitrogen and oxygen atoms in total. The van der Waals surface area contributed by atoms with Crippen molar-refractivity contribution in [2.24, 2.45) is 5.73 Å². The number of nitrogens with two attached hydrogens (primary N) is 1. The van der Waals surface area contributed by atoms with Gasteiger partial charge in [0, 0.05) is 24.5 Å². The molecule has 0 aliphatic carbocycles. The highest BCUT2D eigenvalue weighted by Crippen LogP contribution is 2.15. The van der Waals surface area contributed by atoms with Gasteiger partial charge in [0.15, 0.2) is 0 Å². The summed E-state index contributed by atoms with van der Waals surface area (Å²) in [5.41, 5.74) is 6.48. The second-order valence-corrected chi connectivity index (χ2v) is 4.14. The molecule has 2 aromatic rings. The molecule has 5 N–H and O–H groups in total. The van der Waals surface area contributed by atoms with E-state index in [0.717, 1.165) is 23.7 Å². The molecule has 2 rings (SSSR count). The summed E-state index contributed by atoms with van der Waals surface area (Å²) in [6, 6.07) is 4.11. The van der Waals surface area contributed by atoms with E-state index in [1.807, 2.05) is 24.5 Å². The number of anilines is 3. The van der Waals surface area contributed by atoms with Crippen molar-refractivity contribution in [2.45, 2.75) is 19.4 Å². The Morgan fingerprint density at radius 2 is 2.22 bits per heavy atom. The van der Waals surface area contributed by atoms with E-state index < -0.39 is 0 Å². The van der Waals surface area contributed by atoms with Crippen LogP contribution < -0.4 is 16.4 Å². The highest BCUT2D eigenvalue weighted by Gasteiger charge is 2.03. The number of aromatic nitrogens is 3. The summed E-state index contributed by atoms with van der Waals surface area (Å²) in [5, 5.41) is 6.47. The Bertz CT molecular complexity index is 467. The van der Waals surface area contributed by atoms with Crippen LogP contribution in [-0.4, -0.2) is 27.5 Å². The Kier molecular flexibility index (Phi) is 4.14. The van der Waals surface area contributed by atoms with Crippen LogP contribution in [0.15, 0.2) is 30.9 Å². The van der Waals surface area contributed by atoms with Crippen LogP contribution in [0.1, 0.15) is 13.3 Å². The van der Waals surface area contributed by atoms with E-state index in [4.69, 9.17) is 5.73 Å². The molecule has 0 radical (unpaired) electrons. The maximum Gasteiger partial charge on any atom is 0.135 e. The highest BCUT2D eigenvalue weighted by atomic mass is 15.1. The standard InChI is InChI=1S/C12H18N6/c1-9(2-4-13)17-11-6-12(16-8-15-11)18-10-3-5-14-7-10/h3,5-9,14H,2,4,13H2,1H3,(H2,15,16,17,18). The van der Waals surface area contributed by atoms with Crippen molar-refractivity contribution in [2.75, 3.05) is 17.2 Å². The van der Waals surface area contributed by atoms with E-state index in [0.29, 0.717) is 12.6 Å². The average Bonchev–Trinajstić information content (AvgIpc) is 2.82. The van der Waals surface area contributed by atoms with Crippen LogP contribution in [0.4, 0.5) is 17.3 Å². The Balaban J connectivity index is 2.01. The van der Waals surface area contributed by atoms with Crippen LogP contribution in [0.25, 0.3) is 0 Å². The van der Waals surface area contributed by atoms with Crippen molar-refractivity contribution >= 4 is 17.3 Å². The minimum Gasteiger partial charge on any atom is -0.367 e. The first-order valence-electron chi connectivity index (χ1n) is 5.96. The number of hydrogen-bond acceptors (Lipinski definition) is 5. The van der Waals surface area contributed by atoms with Crippen LogP contribution in [0, 0.1) is 0 Å². The van der Waals surface area contributed by atoms with Gasteiger partial charge >= 0.3 is 0 Å². The van der Waals surface area contributed by atoms with Gasteiger partial charge in [-0.05, 0) is 26.0 Å². The summed E-state index contributed by atoms with van der Waals surface area (Å²) in [7, 11) is 0. The third-order valence-corrected chi connectivity index (χ3v) is 2.53. The van der Waals surface area contributed by atoms with E-state index in [2.05, 4.69) is 32.5 Å². The zero-order valence-electron chi connectivity index (χ0n) is 10.4. The van der Waals surface area contributed by atoms with Crippen molar-refractivity contribution in [1.29, 1.82) is 0 Å². The Hall–Kier alpha value is -2.08. The van der Waals surface area contributed by atoms with Gasteiger partial charge in [-0.1, -0.05) is 0 Å². The molecule has 6 heteroatoms. The molecule has 1 unspecified atom stereocenters. The average molecular weight is 246 g/mol. The quantitative estimate of drug-likeness (QED) is 0.622. The molecule has 0 aliphatic heterocycles. The van der Waals surface area contributed by atoms with Crippen molar-refractivity contribution < 1.29 is 0 Å². The first-order chi connectivity index (χ1) is 8.78. The monoisotopic (exact) mass is 246 g/mol. The third-order valence-electron chi connectivity index (χ3n) is 2.53. The normalized spacial score (nSPS) is 12.1. The second-order valence-electron chi connectivity index (χ2n) is 4.14. The van der Waals surface area contributed by atoms with Crippen molar-refractivity contribution in [3.05, 3.63) is 30.9 Å². The maximum atomic E-state index is 5.51. The van der Waals surface area contributed by atoms with Gasteiger partial charge in [0.2, 0.25) is 0 Å². The molecule has 0 aliphatic rings. The van der Waals surface area contributed by atoms with Gasteiger partial charge in [0.1, 0.15) is 18.0 Å². The predicted octanol–water partition coefficient (Wildman–Crippen LogP) is 1.70. The maximum absolute atomic E-state index is 5.51. The Morgan fingerprint density at radius 3 is 2.94 bits per heavy atom. The van der Waals surface area contributed by atoms with Crippen LogP contribution in [0.3, 0.4) is 0 Å². The molecule has 96 valence electrons. The summed E-state index contributed by atoms with van der Waals surface area (Å²) in [6.07, 6.45) is 6.16. The molecule has 0 amide bonds. The fourth-order valence-corrected chi connectivity index (χ4v) is 1.63. The second kappa shape index (κ2) is 6.02. The smallest absolute Gasteiger partial charge is 0.135 e. The molecule has 2 aromatic heterocycles. The SMILES string of the molecule is CC(CCN)Nc1cc(Nc2cc[nH]c2)ncn1. The van der Waals surface area contributed by atoms with Gasteiger partial charge in [-0.3, -0.25) is 0 Å². The predicted molar refractivity (Wildman–Crippen MR) is 72.9 cm³/mol. The molecular weight excluding hydrogens is 228 g/mol. The summed E-state index contributed by atoms with van der Waals surface area (Å²) in [6.45, 7) is 2.74. The fourth-order valence-electron chi connectivity index (χ4n) is 1.63. The van der Waals surface area contributed by atoms with Crippen molar-refractivity contribution in [3.8, 4) is 0 Å². The van der Waals surface area contributed by atoms with Gasteiger partial charge in [0.05, 0.1) is 5.69 Å². The largest absolute Gasteiger partial charge is 0.367 e. The molecule has 1 atom stereocenters. The zero-order valence-corrected chi connectivity index (χ0v) is 10.4. The van der Waals surface area contributed by atoms with Gasteiger partial charge in [0.25, 0.3) is 0 Å². The third kappa shape index (κ3) is 3.46. The fraction of sp³-hybridized carbons (Fsp3) is 0.333. The molecule has 0 saturated carbocycles. The van der Waals surface area contributed by atoms with E-state index in [1.165, 1.54) is 6.33 Å². The number of nitrogens with one attached hydrogen (secondary N) is 3. The molecule has 0 fully saturated rings. The van der Waals surface area contributed by atoms with E-state index >= 15 is 0 Å². The van der Waals surface area contributed by atoms with Gasteiger partial charge in [-0.15, -0.1) is 0 Å². The first kappa shape index (κ1) is 12.4. The first-order valence-corrected chi connectivity index (χ1v) is 5.96. The van der Waals surface area contributed by atoms with Gasteiger partial charge in [-0.2, -0.15) is 0 Å². The summed E-state index contributed by atoms with van der Waals surface area (Å²) < 4.78 is 0. The van der Waals surface area contributed by atoms with Crippen molar-refractivity contribution in [3.63, 3.8) is 0 Å².